The molecule has 2 aromatic carbocycles. The number of rotatable bonds is 2. The van der Waals surface area contributed by atoms with E-state index < -0.39 is 0 Å². The molecule has 0 spiro atoms. The molecule has 3 aromatic rings. The van der Waals surface area contributed by atoms with Crippen LogP contribution in [0.4, 0.5) is 0 Å². The molecule has 0 N–H and O–H groups in total. The Bertz CT molecular complexity index is 801. The van der Waals surface area contributed by atoms with E-state index in [1.165, 1.54) is 0 Å². The van der Waals surface area contributed by atoms with Gasteiger partial charge in [0, 0.05) is 23.3 Å². The zero-order valence-electron chi connectivity index (χ0n) is 11.0. The minimum atomic E-state index is 0.652. The van der Waals surface area contributed by atoms with Crippen molar-refractivity contribution in [3.63, 3.8) is 0 Å². The van der Waals surface area contributed by atoms with Gasteiger partial charge in [0.25, 0.3) is 0 Å². The molecule has 20 heavy (non-hydrogen) atoms. The van der Waals surface area contributed by atoms with Gasteiger partial charge in [0.1, 0.15) is 5.75 Å². The van der Waals surface area contributed by atoms with Crippen LogP contribution >= 0.6 is 0 Å². The number of methoxy groups -OCH3 is 1. The lowest BCUT2D eigenvalue weighted by molar-refractivity contribution is 0.415. The fourth-order valence-corrected chi connectivity index (χ4v) is 2.22. The van der Waals surface area contributed by atoms with E-state index >= 15 is 0 Å². The first-order valence-electron chi connectivity index (χ1n) is 6.24. The predicted octanol–water partition coefficient (Wildman–Crippen LogP) is 3.78. The van der Waals surface area contributed by atoms with E-state index in [4.69, 9.17) is 10.00 Å². The molecule has 0 radical (unpaired) electrons. The van der Waals surface area contributed by atoms with Gasteiger partial charge in [-0.2, -0.15) is 5.26 Å². The Morgan fingerprint density at radius 3 is 2.55 bits per heavy atom. The molecule has 3 heteroatoms. The summed E-state index contributed by atoms with van der Waals surface area (Å²) in [5.74, 6) is 0.818. The second-order valence-corrected chi connectivity index (χ2v) is 4.46. The zero-order chi connectivity index (χ0) is 13.9. The van der Waals surface area contributed by atoms with E-state index in [1.807, 2.05) is 54.9 Å². The molecule has 0 aliphatic carbocycles. The average Bonchev–Trinajstić information content (AvgIpc) is 2.54. The normalized spacial score (nSPS) is 10.2. The standard InChI is InChI=1S/C17H12N2O/c1-20-15-7-6-14-10-19-11-17(16(14)8-15)13-4-2-12(9-18)3-5-13/h2-8,10-11H,1H3. The summed E-state index contributed by atoms with van der Waals surface area (Å²) >= 11 is 0. The Hall–Kier alpha value is -2.86. The predicted molar refractivity (Wildman–Crippen MR) is 78.4 cm³/mol. The molecular formula is C17H12N2O. The third-order valence-electron chi connectivity index (χ3n) is 3.29. The highest BCUT2D eigenvalue weighted by Gasteiger charge is 2.06. The summed E-state index contributed by atoms with van der Waals surface area (Å²) in [5.41, 5.74) is 2.72. The van der Waals surface area contributed by atoms with Crippen LogP contribution < -0.4 is 4.74 Å². The second kappa shape index (κ2) is 5.02. The van der Waals surface area contributed by atoms with E-state index in [0.29, 0.717) is 5.56 Å². The SMILES string of the molecule is COc1ccc2cncc(-c3ccc(C#N)cc3)c2c1. The van der Waals surface area contributed by atoms with Crippen LogP contribution in [0.15, 0.2) is 54.9 Å². The van der Waals surface area contributed by atoms with Crippen molar-refractivity contribution in [2.45, 2.75) is 0 Å². The number of aromatic nitrogens is 1. The van der Waals surface area contributed by atoms with Crippen molar-refractivity contribution >= 4 is 10.8 Å². The highest BCUT2D eigenvalue weighted by Crippen LogP contribution is 2.30. The summed E-state index contributed by atoms with van der Waals surface area (Å²) in [6.07, 6.45) is 3.67. The fraction of sp³-hybridized carbons (Fsp3) is 0.0588. The number of ether oxygens (including phenoxy) is 1. The first-order chi connectivity index (χ1) is 9.81. The van der Waals surface area contributed by atoms with Crippen molar-refractivity contribution in [2.24, 2.45) is 0 Å². The highest BCUT2D eigenvalue weighted by atomic mass is 16.5. The summed E-state index contributed by atoms with van der Waals surface area (Å²) in [7, 11) is 1.66. The quantitative estimate of drug-likeness (QED) is 0.704. The minimum Gasteiger partial charge on any atom is -0.497 e. The Morgan fingerprint density at radius 2 is 1.85 bits per heavy atom. The number of benzene rings is 2. The van der Waals surface area contributed by atoms with Gasteiger partial charge in [0.05, 0.1) is 18.7 Å². The van der Waals surface area contributed by atoms with E-state index in [1.54, 1.807) is 7.11 Å². The largest absolute Gasteiger partial charge is 0.497 e. The van der Waals surface area contributed by atoms with E-state index in [2.05, 4.69) is 11.1 Å². The van der Waals surface area contributed by atoms with Gasteiger partial charge in [0.15, 0.2) is 0 Å². The van der Waals surface area contributed by atoms with Crippen LogP contribution in [0.5, 0.6) is 5.75 Å². The van der Waals surface area contributed by atoms with Crippen molar-refractivity contribution in [3.8, 4) is 22.9 Å². The van der Waals surface area contributed by atoms with Crippen LogP contribution in [0.1, 0.15) is 5.56 Å². The fourth-order valence-electron chi connectivity index (χ4n) is 2.22. The second-order valence-electron chi connectivity index (χ2n) is 4.46. The minimum absolute atomic E-state index is 0.652. The Balaban J connectivity index is 2.21. The van der Waals surface area contributed by atoms with Crippen molar-refractivity contribution in [3.05, 3.63) is 60.4 Å². The number of pyridine rings is 1. The Kier molecular flexibility index (Phi) is 3.06. The molecule has 0 bridgehead atoms. The number of nitrogens with zero attached hydrogens (tertiary/aromatic N) is 2. The van der Waals surface area contributed by atoms with Gasteiger partial charge in [-0.05, 0) is 41.3 Å². The van der Waals surface area contributed by atoms with Gasteiger partial charge in [-0.3, -0.25) is 4.98 Å². The van der Waals surface area contributed by atoms with Gasteiger partial charge in [-0.1, -0.05) is 12.1 Å². The zero-order valence-corrected chi connectivity index (χ0v) is 11.0. The molecule has 0 atom stereocenters. The highest BCUT2D eigenvalue weighted by molar-refractivity contribution is 5.96. The summed E-state index contributed by atoms with van der Waals surface area (Å²) in [6, 6.07) is 15.6. The molecule has 0 saturated carbocycles. The molecule has 0 saturated heterocycles. The molecule has 0 amide bonds. The van der Waals surface area contributed by atoms with E-state index in [-0.39, 0.29) is 0 Å². The maximum atomic E-state index is 8.86. The van der Waals surface area contributed by atoms with Crippen LogP contribution in [0.25, 0.3) is 21.9 Å². The number of hydrogen-bond acceptors (Lipinski definition) is 3. The number of hydrogen-bond donors (Lipinski definition) is 0. The summed E-state index contributed by atoms with van der Waals surface area (Å²) in [6.45, 7) is 0. The summed E-state index contributed by atoms with van der Waals surface area (Å²) < 4.78 is 5.29. The third-order valence-corrected chi connectivity index (χ3v) is 3.29. The molecule has 0 aliphatic rings. The lowest BCUT2D eigenvalue weighted by Crippen LogP contribution is -1.87. The molecule has 1 aromatic heterocycles. The molecule has 0 aliphatic heterocycles. The first kappa shape index (κ1) is 12.2. The Morgan fingerprint density at radius 1 is 1.05 bits per heavy atom. The molecule has 1 heterocycles. The summed E-state index contributed by atoms with van der Waals surface area (Å²) in [5, 5.41) is 11.0. The van der Waals surface area contributed by atoms with E-state index in [9.17, 15) is 0 Å². The van der Waals surface area contributed by atoms with Gasteiger partial charge in [-0.25, -0.2) is 0 Å². The monoisotopic (exact) mass is 260 g/mol. The first-order valence-corrected chi connectivity index (χ1v) is 6.24. The lowest BCUT2D eigenvalue weighted by atomic mass is 10.00. The maximum absolute atomic E-state index is 8.86. The molecule has 0 fully saturated rings. The average molecular weight is 260 g/mol. The maximum Gasteiger partial charge on any atom is 0.119 e. The van der Waals surface area contributed by atoms with Crippen molar-refractivity contribution < 1.29 is 4.74 Å². The van der Waals surface area contributed by atoms with E-state index in [0.717, 1.165) is 27.6 Å². The smallest absolute Gasteiger partial charge is 0.119 e. The molecule has 0 unspecified atom stereocenters. The van der Waals surface area contributed by atoms with Gasteiger partial charge in [0.2, 0.25) is 0 Å². The van der Waals surface area contributed by atoms with Crippen LogP contribution in [0.3, 0.4) is 0 Å². The Labute approximate surface area is 117 Å². The number of nitriles is 1. The molecule has 3 rings (SSSR count). The summed E-state index contributed by atoms with van der Waals surface area (Å²) in [4.78, 5) is 4.28. The van der Waals surface area contributed by atoms with Crippen LogP contribution in [0, 0.1) is 11.3 Å². The number of fused-ring (bicyclic) bond motifs is 1. The topological polar surface area (TPSA) is 45.9 Å². The van der Waals surface area contributed by atoms with Crippen LogP contribution in [-0.4, -0.2) is 12.1 Å². The van der Waals surface area contributed by atoms with Gasteiger partial charge in [-0.15, -0.1) is 0 Å². The lowest BCUT2D eigenvalue weighted by Gasteiger charge is -2.08. The van der Waals surface area contributed by atoms with Crippen molar-refractivity contribution in [2.75, 3.05) is 7.11 Å². The van der Waals surface area contributed by atoms with Crippen LogP contribution in [0.2, 0.25) is 0 Å². The van der Waals surface area contributed by atoms with Gasteiger partial charge < -0.3 is 4.74 Å². The third kappa shape index (κ3) is 2.08. The van der Waals surface area contributed by atoms with Crippen LogP contribution in [-0.2, 0) is 0 Å². The molecular weight excluding hydrogens is 248 g/mol. The molecule has 96 valence electrons. The van der Waals surface area contributed by atoms with Crippen molar-refractivity contribution in [1.29, 1.82) is 5.26 Å². The van der Waals surface area contributed by atoms with Gasteiger partial charge >= 0.3 is 0 Å². The molecule has 3 nitrogen and oxygen atoms in total. The van der Waals surface area contributed by atoms with Crippen molar-refractivity contribution in [1.82, 2.24) is 4.98 Å².